The highest BCUT2D eigenvalue weighted by Gasteiger charge is 2.19. The Balaban J connectivity index is 2.25. The van der Waals surface area contributed by atoms with Gasteiger partial charge in [0.25, 0.3) is 0 Å². The molecule has 2 rings (SSSR count). The molecule has 1 unspecified atom stereocenters. The lowest BCUT2D eigenvalue weighted by atomic mass is 9.91. The maximum Gasteiger partial charge on any atom is 0.162 e. The summed E-state index contributed by atoms with van der Waals surface area (Å²) in [6, 6.07) is 3.90. The van der Waals surface area contributed by atoms with Gasteiger partial charge in [0, 0.05) is 11.1 Å². The molecule has 1 aliphatic rings. The second-order valence-electron chi connectivity index (χ2n) is 4.55. The van der Waals surface area contributed by atoms with Crippen LogP contribution in [0.1, 0.15) is 37.7 Å². The summed E-state index contributed by atoms with van der Waals surface area (Å²) in [5.74, 6) is 2.01. The molecule has 1 aliphatic heterocycles. The van der Waals surface area contributed by atoms with Gasteiger partial charge >= 0.3 is 0 Å². The van der Waals surface area contributed by atoms with Crippen LogP contribution in [0.4, 0.5) is 0 Å². The van der Waals surface area contributed by atoms with Crippen molar-refractivity contribution in [2.24, 2.45) is 5.73 Å². The molecule has 0 saturated heterocycles. The van der Waals surface area contributed by atoms with Crippen LogP contribution in [0.5, 0.6) is 11.5 Å². The normalized spacial score (nSPS) is 15.5. The van der Waals surface area contributed by atoms with E-state index >= 15 is 0 Å². The Labute approximate surface area is 113 Å². The number of benzene rings is 1. The van der Waals surface area contributed by atoms with E-state index in [1.165, 1.54) is 0 Å². The smallest absolute Gasteiger partial charge is 0.162 e. The largest absolute Gasteiger partial charge is 0.486 e. The van der Waals surface area contributed by atoms with Gasteiger partial charge in [0.1, 0.15) is 13.2 Å². The van der Waals surface area contributed by atoms with Crippen LogP contribution in [-0.2, 0) is 0 Å². The van der Waals surface area contributed by atoms with Gasteiger partial charge in [-0.15, -0.1) is 0 Å². The molecule has 0 amide bonds. The molecule has 2 N–H and O–H groups in total. The van der Waals surface area contributed by atoms with Crippen LogP contribution in [0.3, 0.4) is 0 Å². The molecule has 4 heteroatoms. The fourth-order valence-corrected chi connectivity index (χ4v) is 2.64. The number of hydrogen-bond donors (Lipinski definition) is 1. The first-order valence-corrected chi connectivity index (χ1v) is 6.93. The highest BCUT2D eigenvalue weighted by Crippen LogP contribution is 2.40. The SMILES string of the molecule is CCC(CCCN)c1cc2c(cc1Cl)OCCO2. The lowest BCUT2D eigenvalue weighted by Gasteiger charge is -2.23. The second kappa shape index (κ2) is 6.30. The van der Waals surface area contributed by atoms with Gasteiger partial charge in [0.2, 0.25) is 0 Å². The number of hydrogen-bond acceptors (Lipinski definition) is 3. The first-order chi connectivity index (χ1) is 8.76. The molecule has 3 nitrogen and oxygen atoms in total. The van der Waals surface area contributed by atoms with Crippen LogP contribution >= 0.6 is 11.6 Å². The van der Waals surface area contributed by atoms with E-state index in [0.717, 1.165) is 47.9 Å². The van der Waals surface area contributed by atoms with E-state index in [4.69, 9.17) is 26.8 Å². The van der Waals surface area contributed by atoms with Crippen molar-refractivity contribution in [3.63, 3.8) is 0 Å². The zero-order chi connectivity index (χ0) is 13.0. The molecule has 0 radical (unpaired) electrons. The Kier molecular flexibility index (Phi) is 4.72. The average molecular weight is 270 g/mol. The number of rotatable bonds is 5. The van der Waals surface area contributed by atoms with Gasteiger partial charge in [0.15, 0.2) is 11.5 Å². The van der Waals surface area contributed by atoms with Gasteiger partial charge in [-0.25, -0.2) is 0 Å². The van der Waals surface area contributed by atoms with Crippen molar-refractivity contribution in [1.82, 2.24) is 0 Å². The summed E-state index contributed by atoms with van der Waals surface area (Å²) in [4.78, 5) is 0. The summed E-state index contributed by atoms with van der Waals surface area (Å²) in [5, 5.41) is 0.767. The minimum absolute atomic E-state index is 0.442. The van der Waals surface area contributed by atoms with Crippen molar-refractivity contribution >= 4 is 11.6 Å². The number of fused-ring (bicyclic) bond motifs is 1. The maximum atomic E-state index is 6.35. The van der Waals surface area contributed by atoms with Crippen LogP contribution in [0.15, 0.2) is 12.1 Å². The molecule has 1 heterocycles. The molecule has 0 aliphatic carbocycles. The Hall–Kier alpha value is -0.930. The van der Waals surface area contributed by atoms with Gasteiger partial charge in [0.05, 0.1) is 0 Å². The monoisotopic (exact) mass is 269 g/mol. The molecule has 0 spiro atoms. The van der Waals surface area contributed by atoms with Crippen molar-refractivity contribution < 1.29 is 9.47 Å². The van der Waals surface area contributed by atoms with E-state index in [9.17, 15) is 0 Å². The molecule has 100 valence electrons. The molecular formula is C14H20ClNO2. The predicted molar refractivity (Wildman–Crippen MR) is 73.8 cm³/mol. The maximum absolute atomic E-state index is 6.35. The zero-order valence-electron chi connectivity index (χ0n) is 10.7. The third-order valence-electron chi connectivity index (χ3n) is 3.35. The molecule has 1 aromatic carbocycles. The van der Waals surface area contributed by atoms with Crippen molar-refractivity contribution in [2.75, 3.05) is 19.8 Å². The summed E-state index contributed by atoms with van der Waals surface area (Å²) in [6.45, 7) is 4.09. The molecular weight excluding hydrogens is 250 g/mol. The third-order valence-corrected chi connectivity index (χ3v) is 3.68. The van der Waals surface area contributed by atoms with E-state index in [2.05, 4.69) is 6.92 Å². The molecule has 1 atom stereocenters. The first-order valence-electron chi connectivity index (χ1n) is 6.55. The Bertz CT molecular complexity index is 409. The predicted octanol–water partition coefficient (Wildman–Crippen LogP) is 3.34. The van der Waals surface area contributed by atoms with E-state index in [1.54, 1.807) is 0 Å². The quantitative estimate of drug-likeness (QED) is 0.892. The van der Waals surface area contributed by atoms with Gasteiger partial charge in [-0.05, 0) is 43.4 Å². The van der Waals surface area contributed by atoms with E-state index in [-0.39, 0.29) is 0 Å². The molecule has 0 aromatic heterocycles. The molecule has 0 fully saturated rings. The van der Waals surface area contributed by atoms with E-state index in [1.807, 2.05) is 12.1 Å². The van der Waals surface area contributed by atoms with Crippen molar-refractivity contribution in [3.05, 3.63) is 22.7 Å². The standard InChI is InChI=1S/C14H20ClNO2/c1-2-10(4-3-5-16)11-8-13-14(9-12(11)15)18-7-6-17-13/h8-10H,2-7,16H2,1H3. The molecule has 0 bridgehead atoms. The highest BCUT2D eigenvalue weighted by molar-refractivity contribution is 6.31. The van der Waals surface area contributed by atoms with Crippen molar-refractivity contribution in [3.8, 4) is 11.5 Å². The minimum Gasteiger partial charge on any atom is -0.486 e. The summed E-state index contributed by atoms with van der Waals surface area (Å²) in [6.07, 6.45) is 3.13. The fourth-order valence-electron chi connectivity index (χ4n) is 2.34. The summed E-state index contributed by atoms with van der Waals surface area (Å²) in [5.41, 5.74) is 6.73. The summed E-state index contributed by atoms with van der Waals surface area (Å²) < 4.78 is 11.1. The second-order valence-corrected chi connectivity index (χ2v) is 4.96. The Morgan fingerprint density at radius 2 is 1.94 bits per heavy atom. The number of ether oxygens (including phenoxy) is 2. The van der Waals surface area contributed by atoms with Gasteiger partial charge in [-0.1, -0.05) is 18.5 Å². The topological polar surface area (TPSA) is 44.5 Å². The first kappa shape index (κ1) is 13.5. The van der Waals surface area contributed by atoms with Crippen LogP contribution in [-0.4, -0.2) is 19.8 Å². The zero-order valence-corrected chi connectivity index (χ0v) is 11.5. The number of halogens is 1. The lowest BCUT2D eigenvalue weighted by molar-refractivity contribution is 0.171. The third kappa shape index (κ3) is 2.90. The lowest BCUT2D eigenvalue weighted by Crippen LogP contribution is -2.16. The Morgan fingerprint density at radius 1 is 1.28 bits per heavy atom. The fraction of sp³-hybridized carbons (Fsp3) is 0.571. The van der Waals surface area contributed by atoms with Crippen LogP contribution in [0.2, 0.25) is 5.02 Å². The summed E-state index contributed by atoms with van der Waals surface area (Å²) >= 11 is 6.35. The molecule has 18 heavy (non-hydrogen) atoms. The minimum atomic E-state index is 0.442. The van der Waals surface area contributed by atoms with E-state index in [0.29, 0.717) is 19.1 Å². The van der Waals surface area contributed by atoms with Crippen molar-refractivity contribution in [1.29, 1.82) is 0 Å². The molecule has 0 saturated carbocycles. The molecule has 1 aromatic rings. The summed E-state index contributed by atoms with van der Waals surface area (Å²) in [7, 11) is 0. The number of nitrogens with two attached hydrogens (primary N) is 1. The van der Waals surface area contributed by atoms with Gasteiger partial charge < -0.3 is 15.2 Å². The van der Waals surface area contributed by atoms with Crippen molar-refractivity contribution in [2.45, 2.75) is 32.1 Å². The van der Waals surface area contributed by atoms with Crippen LogP contribution in [0.25, 0.3) is 0 Å². The Morgan fingerprint density at radius 3 is 2.56 bits per heavy atom. The van der Waals surface area contributed by atoms with Crippen LogP contribution < -0.4 is 15.2 Å². The highest BCUT2D eigenvalue weighted by atomic mass is 35.5. The average Bonchev–Trinajstić information content (AvgIpc) is 2.40. The van der Waals surface area contributed by atoms with Crippen LogP contribution in [0, 0.1) is 0 Å². The van der Waals surface area contributed by atoms with E-state index < -0.39 is 0 Å². The van der Waals surface area contributed by atoms with Gasteiger partial charge in [-0.3, -0.25) is 0 Å². The van der Waals surface area contributed by atoms with Gasteiger partial charge in [-0.2, -0.15) is 0 Å².